The summed E-state index contributed by atoms with van der Waals surface area (Å²) in [5, 5.41) is 0. The molecule has 1 unspecified atom stereocenters. The van der Waals surface area contributed by atoms with E-state index in [1.54, 1.807) is 0 Å². The number of unbranched alkanes of at least 4 members (excludes halogenated alkanes) is 35. The molecule has 0 aromatic rings. The third-order valence-corrected chi connectivity index (χ3v) is 15.2. The van der Waals surface area contributed by atoms with E-state index in [1.807, 2.05) is 0 Å². The molecule has 6 nitrogen and oxygen atoms in total. The monoisotopic (exact) mass is 1150 g/mol. The SMILES string of the molecule is CC/C=C\C/C=C\C/C=C\C/C=C\CCCCCCCCCCCCC(=O)OC(COC(=O)CCCCCCC/C=C\C/C=C\C/C=C\CC)COC(=O)CCCCCCCCCCCCCCCCC/C=C\C/C=C\CCCCCCC. The Kier molecular flexibility index (Phi) is 67.2. The van der Waals surface area contributed by atoms with E-state index in [0.29, 0.717) is 19.3 Å². The zero-order chi connectivity index (χ0) is 59.9. The van der Waals surface area contributed by atoms with E-state index in [1.165, 1.54) is 173 Å². The molecule has 0 bridgehead atoms. The van der Waals surface area contributed by atoms with Crippen LogP contribution >= 0.6 is 0 Å². The lowest BCUT2D eigenvalue weighted by atomic mass is 10.0. The first-order valence-electron chi connectivity index (χ1n) is 35.4. The van der Waals surface area contributed by atoms with Gasteiger partial charge in [-0.1, -0.05) is 310 Å². The summed E-state index contributed by atoms with van der Waals surface area (Å²) in [5.74, 6) is -0.893. The minimum Gasteiger partial charge on any atom is -0.462 e. The number of rotatable bonds is 64. The summed E-state index contributed by atoms with van der Waals surface area (Å²) in [5.41, 5.74) is 0. The van der Waals surface area contributed by atoms with Crippen molar-refractivity contribution in [3.05, 3.63) is 109 Å². The molecule has 6 heteroatoms. The predicted molar refractivity (Wildman–Crippen MR) is 362 cm³/mol. The lowest BCUT2D eigenvalue weighted by Crippen LogP contribution is -2.30. The quantitative estimate of drug-likeness (QED) is 0.0261. The molecule has 83 heavy (non-hydrogen) atoms. The van der Waals surface area contributed by atoms with Crippen LogP contribution in [0.2, 0.25) is 0 Å². The van der Waals surface area contributed by atoms with Crippen LogP contribution in [0, 0.1) is 0 Å². The molecule has 1 atom stereocenters. The molecule has 0 amide bonds. The van der Waals surface area contributed by atoms with Gasteiger partial charge in [0.25, 0.3) is 0 Å². The molecule has 0 aliphatic carbocycles. The van der Waals surface area contributed by atoms with E-state index in [2.05, 4.69) is 130 Å². The normalized spacial score (nSPS) is 12.8. The average Bonchev–Trinajstić information content (AvgIpc) is 3.49. The smallest absolute Gasteiger partial charge is 0.306 e. The zero-order valence-electron chi connectivity index (χ0n) is 54.7. The van der Waals surface area contributed by atoms with Crippen molar-refractivity contribution in [1.82, 2.24) is 0 Å². The van der Waals surface area contributed by atoms with Crippen LogP contribution in [0.3, 0.4) is 0 Å². The maximum atomic E-state index is 13.0. The van der Waals surface area contributed by atoms with Gasteiger partial charge in [-0.15, -0.1) is 0 Å². The van der Waals surface area contributed by atoms with E-state index < -0.39 is 6.10 Å². The average molecular weight is 1150 g/mol. The number of ether oxygens (including phenoxy) is 3. The Labute approximate surface area is 514 Å². The van der Waals surface area contributed by atoms with Gasteiger partial charge in [-0.2, -0.15) is 0 Å². The largest absolute Gasteiger partial charge is 0.462 e. The molecule has 476 valence electrons. The molecule has 0 spiro atoms. The fourth-order valence-electron chi connectivity index (χ4n) is 10.0. The van der Waals surface area contributed by atoms with Crippen molar-refractivity contribution in [2.75, 3.05) is 13.2 Å². The van der Waals surface area contributed by atoms with Crippen LogP contribution in [-0.4, -0.2) is 37.2 Å². The Balaban J connectivity index is 4.32. The second-order valence-electron chi connectivity index (χ2n) is 23.4. The highest BCUT2D eigenvalue weighted by molar-refractivity contribution is 5.71. The Hall–Kier alpha value is -3.93. The fraction of sp³-hybridized carbons (Fsp3) is 0.727. The van der Waals surface area contributed by atoms with E-state index >= 15 is 0 Å². The molecule has 0 radical (unpaired) electrons. The van der Waals surface area contributed by atoms with Crippen LogP contribution in [0.25, 0.3) is 0 Å². The summed E-state index contributed by atoms with van der Waals surface area (Å²) in [7, 11) is 0. The van der Waals surface area contributed by atoms with Crippen LogP contribution in [0.5, 0.6) is 0 Å². The Morgan fingerprint density at radius 2 is 0.470 bits per heavy atom. The topological polar surface area (TPSA) is 78.9 Å². The minimum atomic E-state index is -0.791. The summed E-state index contributed by atoms with van der Waals surface area (Å²) in [6.45, 7) is 6.43. The predicted octanol–water partition coefficient (Wildman–Crippen LogP) is 24.6. The van der Waals surface area contributed by atoms with Gasteiger partial charge in [0.05, 0.1) is 0 Å². The summed E-state index contributed by atoms with van der Waals surface area (Å²) in [4.78, 5) is 38.5. The summed E-state index contributed by atoms with van der Waals surface area (Å²) >= 11 is 0. The lowest BCUT2D eigenvalue weighted by Gasteiger charge is -2.18. The van der Waals surface area contributed by atoms with E-state index in [9.17, 15) is 14.4 Å². The first-order valence-corrected chi connectivity index (χ1v) is 35.4. The minimum absolute atomic E-state index is 0.0844. The maximum absolute atomic E-state index is 13.0. The molecule has 0 rings (SSSR count). The van der Waals surface area contributed by atoms with Crippen molar-refractivity contribution < 1.29 is 28.6 Å². The van der Waals surface area contributed by atoms with Crippen molar-refractivity contribution in [2.24, 2.45) is 0 Å². The Morgan fingerprint density at radius 1 is 0.253 bits per heavy atom. The Morgan fingerprint density at radius 3 is 0.735 bits per heavy atom. The molecule has 0 N–H and O–H groups in total. The van der Waals surface area contributed by atoms with Crippen molar-refractivity contribution in [3.63, 3.8) is 0 Å². The van der Waals surface area contributed by atoms with E-state index in [-0.39, 0.29) is 31.1 Å². The van der Waals surface area contributed by atoms with Gasteiger partial charge in [-0.25, -0.2) is 0 Å². The molecule has 0 saturated heterocycles. The van der Waals surface area contributed by atoms with E-state index in [4.69, 9.17) is 14.2 Å². The highest BCUT2D eigenvalue weighted by Crippen LogP contribution is 2.17. The van der Waals surface area contributed by atoms with Crippen molar-refractivity contribution >= 4 is 17.9 Å². The van der Waals surface area contributed by atoms with Crippen LogP contribution in [0.15, 0.2) is 109 Å². The van der Waals surface area contributed by atoms with E-state index in [0.717, 1.165) is 128 Å². The molecule has 0 aromatic carbocycles. The van der Waals surface area contributed by atoms with Crippen molar-refractivity contribution in [1.29, 1.82) is 0 Å². The summed E-state index contributed by atoms with van der Waals surface area (Å²) in [6.07, 6.45) is 96.8. The number of hydrogen-bond donors (Lipinski definition) is 0. The third kappa shape index (κ3) is 68.7. The molecular formula is C77H132O6. The van der Waals surface area contributed by atoms with Crippen molar-refractivity contribution in [2.45, 2.75) is 348 Å². The van der Waals surface area contributed by atoms with Crippen LogP contribution in [-0.2, 0) is 28.6 Å². The van der Waals surface area contributed by atoms with Gasteiger partial charge >= 0.3 is 17.9 Å². The second-order valence-corrected chi connectivity index (χ2v) is 23.4. The Bertz CT molecular complexity index is 1660. The second kappa shape index (κ2) is 70.6. The molecule has 0 aromatic heterocycles. The van der Waals surface area contributed by atoms with Crippen LogP contribution < -0.4 is 0 Å². The highest BCUT2D eigenvalue weighted by atomic mass is 16.6. The van der Waals surface area contributed by atoms with Gasteiger partial charge in [0.1, 0.15) is 13.2 Å². The molecule has 0 aliphatic rings. The number of esters is 3. The van der Waals surface area contributed by atoms with Gasteiger partial charge in [-0.05, 0) is 122 Å². The molecular weight excluding hydrogens is 1020 g/mol. The summed E-state index contributed by atoms with van der Waals surface area (Å²) in [6, 6.07) is 0. The highest BCUT2D eigenvalue weighted by Gasteiger charge is 2.19. The lowest BCUT2D eigenvalue weighted by molar-refractivity contribution is -0.167. The standard InChI is InChI=1S/C77H132O6/c1-4-7-10-13-16-19-22-25-28-30-32-34-36-37-38-39-41-42-44-46-49-52-55-58-61-64-67-70-76(79)82-73-74(72-81-75(78)69-66-63-60-57-54-51-48-27-24-21-18-15-12-9-6-3)83-77(80)71-68-65-62-59-56-53-50-47-45-43-40-35-33-31-29-26-23-20-17-14-11-8-5-2/h8-9,11-12,17-18,20-22,25-27,29-30,32-33,35,48,74H,4-7,10,13-16,19,23-24,28,31,34,36-47,49-73H2,1-3H3/b11-8-,12-9-,20-17-,21-18-,25-22-,29-26-,32-30-,35-33-,48-27-. The number of allylic oxidation sites excluding steroid dienone is 18. The van der Waals surface area contributed by atoms with Gasteiger partial charge < -0.3 is 14.2 Å². The molecule has 0 heterocycles. The van der Waals surface area contributed by atoms with Crippen molar-refractivity contribution in [3.8, 4) is 0 Å². The van der Waals surface area contributed by atoms with Gasteiger partial charge in [0, 0.05) is 19.3 Å². The fourth-order valence-corrected chi connectivity index (χ4v) is 10.0. The first-order chi connectivity index (χ1) is 41.0. The maximum Gasteiger partial charge on any atom is 0.306 e. The number of hydrogen-bond acceptors (Lipinski definition) is 6. The van der Waals surface area contributed by atoms with Crippen LogP contribution in [0.1, 0.15) is 342 Å². The summed E-state index contributed by atoms with van der Waals surface area (Å²) < 4.78 is 17.0. The van der Waals surface area contributed by atoms with Crippen LogP contribution in [0.4, 0.5) is 0 Å². The molecule has 0 fully saturated rings. The van der Waals surface area contributed by atoms with Gasteiger partial charge in [0.2, 0.25) is 0 Å². The third-order valence-electron chi connectivity index (χ3n) is 15.2. The first kappa shape index (κ1) is 79.1. The number of carbonyl (C=O) groups is 3. The molecule has 0 aliphatic heterocycles. The zero-order valence-corrected chi connectivity index (χ0v) is 54.7. The van der Waals surface area contributed by atoms with Gasteiger partial charge in [-0.3, -0.25) is 14.4 Å². The molecule has 0 saturated carbocycles. The van der Waals surface area contributed by atoms with Gasteiger partial charge in [0.15, 0.2) is 6.10 Å². The number of carbonyl (C=O) groups excluding carboxylic acids is 3.